The zero-order valence-electron chi connectivity index (χ0n) is 14.9. The van der Waals surface area contributed by atoms with Crippen molar-refractivity contribution in [1.82, 2.24) is 10.3 Å². The number of aromatic nitrogens is 1. The number of carbonyl (C=O) groups excluding carboxylic acids is 1. The first-order chi connectivity index (χ1) is 12.9. The number of nitrogens with one attached hydrogen (secondary N) is 1. The van der Waals surface area contributed by atoms with Crippen LogP contribution in [0.25, 0.3) is 0 Å². The molecular weight excluding hydrogens is 360 g/mol. The summed E-state index contributed by atoms with van der Waals surface area (Å²) >= 11 is 0. The summed E-state index contributed by atoms with van der Waals surface area (Å²) in [6, 6.07) is 19.7. The third-order valence-corrected chi connectivity index (χ3v) is 4.92. The van der Waals surface area contributed by atoms with E-state index in [1.165, 1.54) is 6.26 Å². The number of benzene rings is 2. The summed E-state index contributed by atoms with van der Waals surface area (Å²) in [5, 5.41) is 3.04. The fourth-order valence-corrected chi connectivity index (χ4v) is 3.67. The average Bonchev–Trinajstić information content (AvgIpc) is 2.66. The molecule has 0 radical (unpaired) electrons. The highest BCUT2D eigenvalue weighted by atomic mass is 32.2. The van der Waals surface area contributed by atoms with Crippen LogP contribution in [0.3, 0.4) is 0 Å². The van der Waals surface area contributed by atoms with Crippen LogP contribution in [0.1, 0.15) is 33.1 Å². The van der Waals surface area contributed by atoms with Crippen molar-refractivity contribution in [3.8, 4) is 0 Å². The molecule has 0 saturated heterocycles. The van der Waals surface area contributed by atoms with Gasteiger partial charge in [-0.1, -0.05) is 42.5 Å². The molecule has 0 bridgehead atoms. The molecule has 1 unspecified atom stereocenters. The van der Waals surface area contributed by atoms with Crippen LogP contribution in [0.4, 0.5) is 0 Å². The summed E-state index contributed by atoms with van der Waals surface area (Å²) < 4.78 is 23.0. The van der Waals surface area contributed by atoms with E-state index < -0.39 is 9.84 Å². The van der Waals surface area contributed by atoms with E-state index in [1.54, 1.807) is 36.7 Å². The minimum absolute atomic E-state index is 0.0966. The monoisotopic (exact) mass is 380 g/mol. The number of nitrogens with zero attached hydrogens (tertiary/aromatic N) is 1. The first-order valence-electron chi connectivity index (χ1n) is 8.45. The summed E-state index contributed by atoms with van der Waals surface area (Å²) in [4.78, 5) is 16.9. The Morgan fingerprint density at radius 1 is 0.963 bits per heavy atom. The normalized spacial score (nSPS) is 12.3. The van der Waals surface area contributed by atoms with Crippen molar-refractivity contribution in [2.75, 3.05) is 6.26 Å². The molecule has 1 atom stereocenters. The summed E-state index contributed by atoms with van der Waals surface area (Å²) in [5.74, 6) is -0.364. The lowest BCUT2D eigenvalue weighted by atomic mass is 9.99. The largest absolute Gasteiger partial charge is 0.341 e. The highest BCUT2D eigenvalue weighted by Gasteiger charge is 2.18. The second-order valence-electron chi connectivity index (χ2n) is 6.37. The highest BCUT2D eigenvalue weighted by molar-refractivity contribution is 7.89. The highest BCUT2D eigenvalue weighted by Crippen LogP contribution is 2.22. The Balaban J connectivity index is 1.88. The van der Waals surface area contributed by atoms with Crippen molar-refractivity contribution < 1.29 is 13.2 Å². The summed E-state index contributed by atoms with van der Waals surface area (Å²) in [7, 11) is -3.17. The molecule has 138 valence electrons. The number of pyridine rings is 1. The van der Waals surface area contributed by atoms with Gasteiger partial charge >= 0.3 is 0 Å². The van der Waals surface area contributed by atoms with Crippen LogP contribution in [0.15, 0.2) is 79.1 Å². The van der Waals surface area contributed by atoms with E-state index in [1.807, 2.05) is 42.5 Å². The summed E-state index contributed by atoms with van der Waals surface area (Å²) in [6.07, 6.45) is 4.54. The molecule has 5 nitrogen and oxygen atoms in total. The Bertz CT molecular complexity index is 980. The van der Waals surface area contributed by atoms with Crippen LogP contribution >= 0.6 is 0 Å². The van der Waals surface area contributed by atoms with Crippen molar-refractivity contribution in [3.05, 3.63) is 101 Å². The standard InChI is InChI=1S/C21H20N2O3S/c1-27(25,26)15-16-6-5-9-19(14-16)21(24)23-20(17-7-3-2-4-8-17)18-10-12-22-13-11-18/h2-14,20H,15H2,1H3,(H,23,24). The smallest absolute Gasteiger partial charge is 0.252 e. The maximum Gasteiger partial charge on any atom is 0.252 e. The molecular formula is C21H20N2O3S. The minimum atomic E-state index is -3.17. The molecule has 2 aromatic carbocycles. The molecule has 0 fully saturated rings. The Kier molecular flexibility index (Phi) is 5.66. The Hall–Kier alpha value is -2.99. The predicted octanol–water partition coefficient (Wildman–Crippen LogP) is 3.15. The second kappa shape index (κ2) is 8.14. The number of sulfone groups is 1. The lowest BCUT2D eigenvalue weighted by molar-refractivity contribution is 0.0943. The van der Waals surface area contributed by atoms with E-state index in [0.717, 1.165) is 11.1 Å². The second-order valence-corrected chi connectivity index (χ2v) is 8.51. The van der Waals surface area contributed by atoms with Crippen molar-refractivity contribution in [2.24, 2.45) is 0 Å². The Morgan fingerprint density at radius 2 is 1.63 bits per heavy atom. The van der Waals surface area contributed by atoms with Gasteiger partial charge in [0.1, 0.15) is 0 Å². The van der Waals surface area contributed by atoms with Gasteiger partial charge in [-0.2, -0.15) is 0 Å². The molecule has 6 heteroatoms. The molecule has 1 N–H and O–H groups in total. The first-order valence-corrected chi connectivity index (χ1v) is 10.5. The molecule has 1 amide bonds. The minimum Gasteiger partial charge on any atom is -0.341 e. The summed E-state index contributed by atoms with van der Waals surface area (Å²) in [6.45, 7) is 0. The van der Waals surface area contributed by atoms with Crippen LogP contribution < -0.4 is 5.32 Å². The maximum absolute atomic E-state index is 12.8. The molecule has 27 heavy (non-hydrogen) atoms. The molecule has 3 rings (SSSR count). The molecule has 0 aliphatic heterocycles. The molecule has 1 aromatic heterocycles. The van der Waals surface area contributed by atoms with E-state index in [2.05, 4.69) is 10.3 Å². The maximum atomic E-state index is 12.8. The third kappa shape index (κ3) is 5.24. The van der Waals surface area contributed by atoms with Gasteiger partial charge in [-0.05, 0) is 41.0 Å². The average molecular weight is 380 g/mol. The lowest BCUT2D eigenvalue weighted by Crippen LogP contribution is -2.29. The number of carbonyl (C=O) groups is 1. The van der Waals surface area contributed by atoms with E-state index in [4.69, 9.17) is 0 Å². The van der Waals surface area contributed by atoms with E-state index in [0.29, 0.717) is 11.1 Å². The topological polar surface area (TPSA) is 76.1 Å². The van der Waals surface area contributed by atoms with Crippen LogP contribution in [0.5, 0.6) is 0 Å². The van der Waals surface area contributed by atoms with Gasteiger partial charge < -0.3 is 5.32 Å². The van der Waals surface area contributed by atoms with E-state index in [9.17, 15) is 13.2 Å². The molecule has 3 aromatic rings. The van der Waals surface area contributed by atoms with Gasteiger partial charge in [0.15, 0.2) is 9.84 Å². The van der Waals surface area contributed by atoms with Gasteiger partial charge in [0.2, 0.25) is 0 Å². The van der Waals surface area contributed by atoms with Gasteiger partial charge in [-0.25, -0.2) is 8.42 Å². The van der Waals surface area contributed by atoms with Crippen LogP contribution in [-0.2, 0) is 15.6 Å². The number of hydrogen-bond donors (Lipinski definition) is 1. The van der Waals surface area contributed by atoms with E-state index >= 15 is 0 Å². The number of amides is 1. The Morgan fingerprint density at radius 3 is 2.30 bits per heavy atom. The van der Waals surface area contributed by atoms with Crippen LogP contribution in [0, 0.1) is 0 Å². The molecule has 0 aliphatic rings. The van der Waals surface area contributed by atoms with Gasteiger partial charge in [-0.3, -0.25) is 9.78 Å². The Labute approximate surface area is 159 Å². The summed E-state index contributed by atoms with van der Waals surface area (Å²) in [5.41, 5.74) is 2.87. The predicted molar refractivity (Wildman–Crippen MR) is 105 cm³/mol. The van der Waals surface area contributed by atoms with Crippen LogP contribution in [-0.4, -0.2) is 25.6 Å². The molecule has 0 aliphatic carbocycles. The number of hydrogen-bond acceptors (Lipinski definition) is 4. The SMILES string of the molecule is CS(=O)(=O)Cc1cccc(C(=O)NC(c2ccccc2)c2ccncc2)c1. The molecule has 0 spiro atoms. The zero-order chi connectivity index (χ0) is 19.3. The van der Waals surface area contributed by atoms with Crippen molar-refractivity contribution >= 4 is 15.7 Å². The van der Waals surface area contributed by atoms with Gasteiger partial charge in [0.05, 0.1) is 11.8 Å². The third-order valence-electron chi connectivity index (χ3n) is 4.07. The van der Waals surface area contributed by atoms with Gasteiger partial charge in [-0.15, -0.1) is 0 Å². The van der Waals surface area contributed by atoms with Crippen molar-refractivity contribution in [3.63, 3.8) is 0 Å². The molecule has 0 saturated carbocycles. The van der Waals surface area contributed by atoms with E-state index in [-0.39, 0.29) is 17.7 Å². The van der Waals surface area contributed by atoms with Crippen molar-refractivity contribution in [2.45, 2.75) is 11.8 Å². The first kappa shape index (κ1) is 18.8. The fourth-order valence-electron chi connectivity index (χ4n) is 2.88. The fraction of sp³-hybridized carbons (Fsp3) is 0.143. The van der Waals surface area contributed by atoms with Gasteiger partial charge in [0.25, 0.3) is 5.91 Å². The van der Waals surface area contributed by atoms with Crippen molar-refractivity contribution in [1.29, 1.82) is 0 Å². The zero-order valence-corrected chi connectivity index (χ0v) is 15.7. The quantitative estimate of drug-likeness (QED) is 0.713. The number of rotatable bonds is 6. The van der Waals surface area contributed by atoms with Gasteiger partial charge in [0, 0.05) is 24.2 Å². The van der Waals surface area contributed by atoms with Crippen LogP contribution in [0.2, 0.25) is 0 Å². The lowest BCUT2D eigenvalue weighted by Gasteiger charge is -2.20. The molecule has 1 heterocycles.